The summed E-state index contributed by atoms with van der Waals surface area (Å²) < 4.78 is 0. The number of aliphatic carboxylic acids is 4. The molecule has 0 spiro atoms. The molecular weight excluding hydrogens is 1340 g/mol. The summed E-state index contributed by atoms with van der Waals surface area (Å²) in [6, 6.07) is -0.00290. The predicted octanol–water partition coefficient (Wildman–Crippen LogP) is -1.43. The first-order chi connectivity index (χ1) is 32.1. The fourth-order valence-electron chi connectivity index (χ4n) is 8.47. The maximum Gasteiger partial charge on any atom is 3.00 e. The molecule has 3 aliphatic heterocycles. The van der Waals surface area contributed by atoms with E-state index in [1.807, 2.05) is 0 Å². The van der Waals surface area contributed by atoms with Crippen LogP contribution in [0, 0.1) is 143 Å². The van der Waals surface area contributed by atoms with Gasteiger partial charge in [-0.1, -0.05) is 11.8 Å². The molecule has 8 N–H and O–H groups in total. The molecule has 1 aromatic heterocycles. The zero-order chi connectivity index (χ0) is 48.7. The zero-order valence-corrected chi connectivity index (χ0v) is 46.3. The molecule has 1 aromatic rings. The molecule has 22 nitrogen and oxygen atoms in total. The minimum atomic E-state index is -1.11. The summed E-state index contributed by atoms with van der Waals surface area (Å²) in [7, 11) is 0. The number of rotatable bonds is 20. The number of pyridine rings is 1. The number of hydrogen-bond acceptors (Lipinski definition) is 14. The van der Waals surface area contributed by atoms with Gasteiger partial charge in [-0.3, -0.25) is 62.9 Å². The number of piperidine rings is 2. The van der Waals surface area contributed by atoms with E-state index in [4.69, 9.17) is 0 Å². The minimum Gasteiger partial charge on any atom is -0.481 e. The van der Waals surface area contributed by atoms with Crippen molar-refractivity contribution in [2.75, 3.05) is 111 Å². The van der Waals surface area contributed by atoms with Gasteiger partial charge in [0.25, 0.3) is 0 Å². The fraction of sp³-hybridized carbons (Fsp3) is 0.667. The van der Waals surface area contributed by atoms with Crippen molar-refractivity contribution in [1.82, 2.24) is 50.8 Å². The quantitative estimate of drug-likeness (QED) is 0.0549. The minimum absolute atomic E-state index is 0. The SMILES string of the molecule is CC(C(=O)NCC(=O)NCCC#Cc1cncc([C@H](CC(=O)O)NC(=O)[C@@H]2CCCN(C(=O)CCC3CCNCC3)C2)c1)N1CCN(CC(=O)O)CCN(CC(=O)O)CCN(CC(=O)O)CC1.[Gd+3].[Gd+3].[Gd+3]. The molecule has 3 atom stereocenters. The molecule has 3 radical (unpaired) electrons. The van der Waals surface area contributed by atoms with E-state index >= 15 is 0 Å². The van der Waals surface area contributed by atoms with E-state index in [2.05, 4.69) is 38.1 Å². The topological polar surface area (TPSA) is 295 Å². The molecule has 70 heavy (non-hydrogen) atoms. The van der Waals surface area contributed by atoms with Gasteiger partial charge in [-0.2, -0.15) is 0 Å². The third-order valence-corrected chi connectivity index (χ3v) is 12.3. The van der Waals surface area contributed by atoms with Crippen LogP contribution in [0.15, 0.2) is 18.5 Å². The largest absolute Gasteiger partial charge is 3.00 e. The molecule has 0 aromatic carbocycles. The van der Waals surface area contributed by atoms with E-state index < -0.39 is 53.7 Å². The van der Waals surface area contributed by atoms with Crippen molar-refractivity contribution in [2.24, 2.45) is 11.8 Å². The van der Waals surface area contributed by atoms with Gasteiger partial charge in [0.1, 0.15) is 0 Å². The Kier molecular flexibility index (Phi) is 34.3. The number of amides is 4. The first-order valence-electron chi connectivity index (χ1n) is 23.1. The van der Waals surface area contributed by atoms with Gasteiger partial charge in [0.2, 0.25) is 23.6 Å². The van der Waals surface area contributed by atoms with Crippen molar-refractivity contribution in [2.45, 2.75) is 70.4 Å². The van der Waals surface area contributed by atoms with Crippen LogP contribution in [0.2, 0.25) is 0 Å². The van der Waals surface area contributed by atoms with Gasteiger partial charge in [0.15, 0.2) is 0 Å². The van der Waals surface area contributed by atoms with Crippen LogP contribution < -0.4 is 21.3 Å². The first kappa shape index (κ1) is 66.3. The van der Waals surface area contributed by atoms with E-state index in [1.54, 1.807) is 37.5 Å². The van der Waals surface area contributed by atoms with Crippen LogP contribution in [0.1, 0.15) is 75.5 Å². The van der Waals surface area contributed by atoms with E-state index in [0.29, 0.717) is 42.9 Å². The summed E-state index contributed by atoms with van der Waals surface area (Å²) in [6.45, 7) is 5.25. The summed E-state index contributed by atoms with van der Waals surface area (Å²) in [5, 5.41) is 49.6. The molecule has 1 unspecified atom stereocenters. The van der Waals surface area contributed by atoms with Crippen molar-refractivity contribution >= 4 is 47.5 Å². The third kappa shape index (κ3) is 25.9. The molecule has 4 rings (SSSR count). The van der Waals surface area contributed by atoms with E-state index in [0.717, 1.165) is 32.4 Å². The molecule has 3 aliphatic rings. The predicted molar refractivity (Wildman–Crippen MR) is 242 cm³/mol. The Morgan fingerprint density at radius 3 is 1.89 bits per heavy atom. The number of hydrogen-bond donors (Lipinski definition) is 8. The molecule has 4 heterocycles. The fourth-order valence-corrected chi connectivity index (χ4v) is 8.47. The van der Waals surface area contributed by atoms with Gasteiger partial charge >= 0.3 is 144 Å². The third-order valence-electron chi connectivity index (χ3n) is 12.3. The van der Waals surface area contributed by atoms with E-state index in [1.165, 1.54) is 12.4 Å². The summed E-state index contributed by atoms with van der Waals surface area (Å²) in [4.78, 5) is 112. The van der Waals surface area contributed by atoms with Crippen molar-refractivity contribution in [1.29, 1.82) is 0 Å². The zero-order valence-electron chi connectivity index (χ0n) is 39.5. The standard InChI is InChI=1S/C45H68N10O12.3Gd/c1-32(54-21-19-52(30-42(62)63)17-15-51(29-41(60)61)16-18-53(20-22-54)31-43(64)65)44(66)49-27-38(56)48-11-3-2-5-34-23-36(26-47-25-34)37(24-40(58)59)50-45(67)35-6-4-14-55(28-35)39(57)8-7-33-9-12-46-13-10-33;;;/h23,25-26,32-33,35,37,46H,3-4,6-22,24,27-31H2,1H3,(H,48,56)(H,49,66)(H,50,67)(H,58,59)(H,60,61)(H,62,63)(H,64,65);;;/q;3*+3/t32?,35-,37+;;;/m1.../s1. The van der Waals surface area contributed by atoms with Crippen molar-refractivity contribution in [3.8, 4) is 11.8 Å². The summed E-state index contributed by atoms with van der Waals surface area (Å²) in [6.07, 6.45) is 7.48. The van der Waals surface area contributed by atoms with Crippen LogP contribution in [0.4, 0.5) is 0 Å². The number of nitrogens with one attached hydrogen (secondary N) is 4. The summed E-state index contributed by atoms with van der Waals surface area (Å²) >= 11 is 0. The van der Waals surface area contributed by atoms with E-state index in [9.17, 15) is 58.8 Å². The van der Waals surface area contributed by atoms with Gasteiger partial charge < -0.3 is 46.6 Å². The molecule has 3 saturated heterocycles. The average Bonchev–Trinajstić information content (AvgIpc) is 3.29. The second kappa shape index (κ2) is 36.2. The van der Waals surface area contributed by atoms with Crippen molar-refractivity contribution in [3.05, 3.63) is 29.6 Å². The maximum atomic E-state index is 13.5. The summed E-state index contributed by atoms with van der Waals surface area (Å²) in [5.74, 6) is 0.434. The summed E-state index contributed by atoms with van der Waals surface area (Å²) in [5.41, 5.74) is 0.927. The van der Waals surface area contributed by atoms with Crippen LogP contribution in [-0.4, -0.2) is 215 Å². The van der Waals surface area contributed by atoms with Crippen molar-refractivity contribution in [3.63, 3.8) is 0 Å². The molecule has 0 saturated carbocycles. The van der Waals surface area contributed by atoms with Crippen LogP contribution >= 0.6 is 0 Å². The Morgan fingerprint density at radius 2 is 1.33 bits per heavy atom. The number of nitrogens with zero attached hydrogens (tertiary/aromatic N) is 6. The average molecular weight is 1410 g/mol. The molecular formula is C45H68Gd3N10O12+9. The number of carbonyl (C=O) groups excluding carboxylic acids is 4. The molecule has 0 bridgehead atoms. The molecule has 4 amide bonds. The van der Waals surface area contributed by atoms with Crippen molar-refractivity contribution < 1.29 is 179 Å². The Hall–Kier alpha value is -1.76. The number of aromatic nitrogens is 1. The van der Waals surface area contributed by atoms with Gasteiger partial charge in [-0.15, -0.1) is 0 Å². The normalized spacial score (nSPS) is 18.7. The Balaban J connectivity index is 0.00000817. The van der Waals surface area contributed by atoms with Gasteiger partial charge in [0, 0.05) is 103 Å². The monoisotopic (exact) mass is 1410 g/mol. The number of carboxylic acid groups (broad SMARTS) is 4. The van der Waals surface area contributed by atoms with Crippen LogP contribution in [0.25, 0.3) is 0 Å². The molecule has 25 heteroatoms. The Bertz CT molecular complexity index is 1910. The van der Waals surface area contributed by atoms with Gasteiger partial charge in [-0.25, -0.2) is 0 Å². The number of carboxylic acids is 4. The number of carbonyl (C=O) groups is 8. The smallest absolute Gasteiger partial charge is 0.481 e. The molecule has 385 valence electrons. The van der Waals surface area contributed by atoms with E-state index in [-0.39, 0.29) is 236 Å². The Labute approximate surface area is 505 Å². The number of likely N-dealkylation sites (tertiary alicyclic amines) is 1. The van der Waals surface area contributed by atoms with Crippen LogP contribution in [-0.2, 0) is 38.4 Å². The maximum absolute atomic E-state index is 13.5. The first-order valence-corrected chi connectivity index (χ1v) is 23.1. The van der Waals surface area contributed by atoms with Crippen LogP contribution in [0.3, 0.4) is 0 Å². The molecule has 3 fully saturated rings. The van der Waals surface area contributed by atoms with Gasteiger partial charge in [-0.05, 0) is 69.7 Å². The second-order valence-electron chi connectivity index (χ2n) is 17.4. The van der Waals surface area contributed by atoms with Gasteiger partial charge in [0.05, 0.1) is 50.6 Å². The molecule has 0 aliphatic carbocycles. The second-order valence-corrected chi connectivity index (χ2v) is 17.4. The Morgan fingerprint density at radius 1 is 0.757 bits per heavy atom. The van der Waals surface area contributed by atoms with Crippen LogP contribution in [0.5, 0.6) is 0 Å².